The smallest absolute Gasteiger partial charge is 0.134 e. The topological polar surface area (TPSA) is 57.7 Å². The molecule has 5 heteroatoms. The van der Waals surface area contributed by atoms with Crippen LogP contribution in [0.5, 0.6) is 0 Å². The summed E-state index contributed by atoms with van der Waals surface area (Å²) in [5.41, 5.74) is 2.21. The van der Waals surface area contributed by atoms with Crippen molar-refractivity contribution >= 4 is 5.82 Å². The molecule has 0 bridgehead atoms. The van der Waals surface area contributed by atoms with Crippen LogP contribution in [-0.4, -0.2) is 27.2 Å². The van der Waals surface area contributed by atoms with E-state index in [9.17, 15) is 0 Å². The molecule has 0 fully saturated rings. The van der Waals surface area contributed by atoms with Gasteiger partial charge in [0, 0.05) is 37.1 Å². The van der Waals surface area contributed by atoms with E-state index in [-0.39, 0.29) is 0 Å². The van der Waals surface area contributed by atoms with Crippen LogP contribution < -0.4 is 4.90 Å². The van der Waals surface area contributed by atoms with Gasteiger partial charge in [-0.2, -0.15) is 5.10 Å². The van der Waals surface area contributed by atoms with Crippen molar-refractivity contribution in [3.8, 4) is 0 Å². The molecule has 0 aliphatic heterocycles. The van der Waals surface area contributed by atoms with Crippen LogP contribution in [0.3, 0.4) is 0 Å². The highest BCUT2D eigenvalue weighted by atomic mass is 15.2. The molecule has 2 aromatic heterocycles. The van der Waals surface area contributed by atoms with Crippen LogP contribution in [0.1, 0.15) is 11.1 Å². The number of hydrogen-bond acceptors (Lipinski definition) is 4. The van der Waals surface area contributed by atoms with Crippen molar-refractivity contribution in [3.05, 3.63) is 36.0 Å². The van der Waals surface area contributed by atoms with Gasteiger partial charge in [-0.05, 0) is 6.92 Å². The molecule has 1 N–H and O–H groups in total. The number of nitrogens with one attached hydrogen (secondary N) is 1. The summed E-state index contributed by atoms with van der Waals surface area (Å²) >= 11 is 0. The molecule has 0 aromatic carbocycles. The molecular formula is C10H13N5. The lowest BCUT2D eigenvalue weighted by Crippen LogP contribution is -2.18. The lowest BCUT2D eigenvalue weighted by atomic mass is 10.3. The first-order chi connectivity index (χ1) is 7.27. The molecule has 15 heavy (non-hydrogen) atoms. The van der Waals surface area contributed by atoms with Crippen molar-refractivity contribution in [1.82, 2.24) is 20.2 Å². The van der Waals surface area contributed by atoms with Crippen LogP contribution in [0.2, 0.25) is 0 Å². The van der Waals surface area contributed by atoms with E-state index in [0.717, 1.165) is 23.5 Å². The van der Waals surface area contributed by atoms with Crippen molar-refractivity contribution in [2.45, 2.75) is 13.5 Å². The van der Waals surface area contributed by atoms with Gasteiger partial charge in [-0.1, -0.05) is 0 Å². The zero-order valence-corrected chi connectivity index (χ0v) is 8.81. The van der Waals surface area contributed by atoms with Gasteiger partial charge in [0.2, 0.25) is 0 Å². The number of nitrogens with zero attached hydrogens (tertiary/aromatic N) is 4. The number of hydrogen-bond donors (Lipinski definition) is 1. The number of anilines is 1. The molecular weight excluding hydrogens is 190 g/mol. The van der Waals surface area contributed by atoms with Gasteiger partial charge in [0.1, 0.15) is 12.1 Å². The van der Waals surface area contributed by atoms with Crippen LogP contribution in [0.4, 0.5) is 5.82 Å². The molecule has 0 radical (unpaired) electrons. The first-order valence-electron chi connectivity index (χ1n) is 4.73. The number of rotatable bonds is 3. The molecule has 0 aliphatic carbocycles. The molecule has 0 aliphatic rings. The maximum atomic E-state index is 4.24. The number of aryl methyl sites for hydroxylation is 1. The first-order valence-corrected chi connectivity index (χ1v) is 4.73. The fraction of sp³-hybridized carbons (Fsp3) is 0.300. The summed E-state index contributed by atoms with van der Waals surface area (Å²) in [4.78, 5) is 10.3. The molecule has 0 spiro atoms. The van der Waals surface area contributed by atoms with Crippen molar-refractivity contribution < 1.29 is 0 Å². The molecule has 78 valence electrons. The molecule has 0 unspecified atom stereocenters. The Hall–Kier alpha value is -1.91. The largest absolute Gasteiger partial charge is 0.355 e. The Kier molecular flexibility index (Phi) is 2.62. The monoisotopic (exact) mass is 203 g/mol. The second-order valence-corrected chi connectivity index (χ2v) is 3.49. The zero-order chi connectivity index (χ0) is 10.7. The van der Waals surface area contributed by atoms with Gasteiger partial charge in [0.05, 0.1) is 6.20 Å². The van der Waals surface area contributed by atoms with Crippen molar-refractivity contribution in [2.24, 2.45) is 0 Å². The molecule has 2 aromatic rings. The van der Waals surface area contributed by atoms with Gasteiger partial charge in [-0.25, -0.2) is 9.97 Å². The first kappa shape index (κ1) is 9.64. The summed E-state index contributed by atoms with van der Waals surface area (Å²) in [7, 11) is 2.00. The third-order valence-electron chi connectivity index (χ3n) is 2.20. The van der Waals surface area contributed by atoms with E-state index in [4.69, 9.17) is 0 Å². The minimum absolute atomic E-state index is 0.786. The predicted molar refractivity (Wildman–Crippen MR) is 57.5 cm³/mol. The normalized spacial score (nSPS) is 10.3. The van der Waals surface area contributed by atoms with Gasteiger partial charge < -0.3 is 4.90 Å². The molecule has 2 heterocycles. The Morgan fingerprint density at radius 1 is 1.40 bits per heavy atom. The minimum atomic E-state index is 0.786. The van der Waals surface area contributed by atoms with Crippen LogP contribution >= 0.6 is 0 Å². The predicted octanol–water partition coefficient (Wildman–Crippen LogP) is 1.14. The SMILES string of the molecule is Cc1cncnc1N(C)Cc1cn[nH]c1. The zero-order valence-electron chi connectivity index (χ0n) is 8.81. The Bertz CT molecular complexity index is 423. The fourth-order valence-corrected chi connectivity index (χ4v) is 1.51. The summed E-state index contributed by atoms with van der Waals surface area (Å²) in [5, 5.41) is 6.70. The van der Waals surface area contributed by atoms with Crippen LogP contribution in [-0.2, 0) is 6.54 Å². The summed E-state index contributed by atoms with van der Waals surface area (Å²) < 4.78 is 0. The summed E-state index contributed by atoms with van der Waals surface area (Å²) in [6.07, 6.45) is 7.07. The highest BCUT2D eigenvalue weighted by Crippen LogP contribution is 2.15. The lowest BCUT2D eigenvalue weighted by molar-refractivity contribution is 0.883. The maximum absolute atomic E-state index is 4.24. The van der Waals surface area contributed by atoms with Gasteiger partial charge in [-0.15, -0.1) is 0 Å². The van der Waals surface area contributed by atoms with E-state index < -0.39 is 0 Å². The Morgan fingerprint density at radius 2 is 2.27 bits per heavy atom. The Balaban J connectivity index is 2.15. The molecule has 0 amide bonds. The second-order valence-electron chi connectivity index (χ2n) is 3.49. The van der Waals surface area contributed by atoms with Crippen molar-refractivity contribution in [2.75, 3.05) is 11.9 Å². The Labute approximate surface area is 88.2 Å². The number of aromatic amines is 1. The molecule has 2 rings (SSSR count). The third-order valence-corrected chi connectivity index (χ3v) is 2.20. The highest BCUT2D eigenvalue weighted by molar-refractivity contribution is 5.43. The third kappa shape index (κ3) is 2.12. The van der Waals surface area contributed by atoms with E-state index in [0.29, 0.717) is 0 Å². The van der Waals surface area contributed by atoms with Gasteiger partial charge in [0.15, 0.2) is 0 Å². The average molecular weight is 203 g/mol. The van der Waals surface area contributed by atoms with E-state index in [1.807, 2.05) is 32.6 Å². The fourth-order valence-electron chi connectivity index (χ4n) is 1.51. The van der Waals surface area contributed by atoms with Crippen LogP contribution in [0.15, 0.2) is 24.9 Å². The molecule has 0 saturated carbocycles. The highest BCUT2D eigenvalue weighted by Gasteiger charge is 2.06. The van der Waals surface area contributed by atoms with Gasteiger partial charge in [-0.3, -0.25) is 5.10 Å². The standard InChI is InChI=1S/C10H13N5/c1-8-3-11-7-12-10(8)15(2)6-9-4-13-14-5-9/h3-5,7H,6H2,1-2H3,(H,13,14). The Morgan fingerprint density at radius 3 is 2.93 bits per heavy atom. The summed E-state index contributed by atoms with van der Waals surface area (Å²) in [5.74, 6) is 0.950. The van der Waals surface area contributed by atoms with E-state index in [2.05, 4.69) is 25.1 Å². The van der Waals surface area contributed by atoms with Crippen molar-refractivity contribution in [1.29, 1.82) is 0 Å². The molecule has 5 nitrogen and oxygen atoms in total. The second kappa shape index (κ2) is 4.08. The van der Waals surface area contributed by atoms with E-state index in [1.54, 1.807) is 6.33 Å². The maximum Gasteiger partial charge on any atom is 0.134 e. The number of H-pyrrole nitrogens is 1. The number of aromatic nitrogens is 4. The van der Waals surface area contributed by atoms with Crippen LogP contribution in [0.25, 0.3) is 0 Å². The van der Waals surface area contributed by atoms with Crippen LogP contribution in [0, 0.1) is 6.92 Å². The van der Waals surface area contributed by atoms with E-state index >= 15 is 0 Å². The van der Waals surface area contributed by atoms with Crippen molar-refractivity contribution in [3.63, 3.8) is 0 Å². The van der Waals surface area contributed by atoms with Gasteiger partial charge in [0.25, 0.3) is 0 Å². The summed E-state index contributed by atoms with van der Waals surface area (Å²) in [6.45, 7) is 2.79. The molecule has 0 atom stereocenters. The quantitative estimate of drug-likeness (QED) is 0.812. The summed E-state index contributed by atoms with van der Waals surface area (Å²) in [6, 6.07) is 0. The van der Waals surface area contributed by atoms with Gasteiger partial charge >= 0.3 is 0 Å². The minimum Gasteiger partial charge on any atom is -0.355 e. The average Bonchev–Trinajstić information content (AvgIpc) is 2.71. The van der Waals surface area contributed by atoms with E-state index in [1.165, 1.54) is 0 Å². The molecule has 0 saturated heterocycles. The lowest BCUT2D eigenvalue weighted by Gasteiger charge is -2.18.